The topological polar surface area (TPSA) is 35.0 Å². The van der Waals surface area contributed by atoms with Gasteiger partial charge in [-0.25, -0.2) is 0 Å². The molecule has 1 unspecified atom stereocenters. The molecule has 0 bridgehead atoms. The van der Waals surface area contributed by atoms with Crippen molar-refractivity contribution in [1.29, 1.82) is 0 Å². The van der Waals surface area contributed by atoms with E-state index >= 15 is 0 Å². The number of nitrogens with zero attached hydrogens (tertiary/aromatic N) is 2. The maximum absolute atomic E-state index is 6.60. The lowest BCUT2D eigenvalue weighted by Gasteiger charge is -2.24. The molecule has 0 spiro atoms. The number of fused-ring (bicyclic) bond motifs is 5. The van der Waals surface area contributed by atoms with E-state index in [4.69, 9.17) is 14.7 Å². The van der Waals surface area contributed by atoms with Gasteiger partial charge in [-0.15, -0.1) is 0 Å². The van der Waals surface area contributed by atoms with Gasteiger partial charge in [-0.05, 0) is 35.2 Å². The smallest absolute Gasteiger partial charge is 0.130 e. The van der Waals surface area contributed by atoms with Crippen molar-refractivity contribution in [3.8, 4) is 17.0 Å². The van der Waals surface area contributed by atoms with Crippen LogP contribution in [0.25, 0.3) is 22.0 Å². The summed E-state index contributed by atoms with van der Waals surface area (Å²) in [5.74, 6) is 0.957. The van der Waals surface area contributed by atoms with Crippen LogP contribution < -0.4 is 4.74 Å². The third-order valence-corrected chi connectivity index (χ3v) is 5.79. The molecule has 0 saturated heterocycles. The second kappa shape index (κ2) is 6.95. The highest BCUT2D eigenvalue weighted by atomic mass is 16.5. The zero-order valence-corrected chi connectivity index (χ0v) is 16.7. The first-order valence-corrected chi connectivity index (χ1v) is 10.1. The van der Waals surface area contributed by atoms with Crippen molar-refractivity contribution in [3.63, 3.8) is 0 Å². The predicted molar refractivity (Wildman–Crippen MR) is 111 cm³/mol. The number of aromatic nitrogens is 2. The van der Waals surface area contributed by atoms with Gasteiger partial charge in [-0.3, -0.25) is 9.97 Å². The van der Waals surface area contributed by atoms with E-state index in [1.165, 1.54) is 29.2 Å². The molecule has 140 valence electrons. The largest absolute Gasteiger partial charge is 0.490 e. The Kier molecular flexibility index (Phi) is 4.63. The van der Waals surface area contributed by atoms with E-state index in [1.54, 1.807) is 12.4 Å². The summed E-state index contributed by atoms with van der Waals surface area (Å²) in [6, 6.07) is 10.8. The predicted octanol–water partition coefficient (Wildman–Crippen LogP) is 6.28. The summed E-state index contributed by atoms with van der Waals surface area (Å²) in [4.78, 5) is 9.42. The van der Waals surface area contributed by atoms with Gasteiger partial charge in [-0.1, -0.05) is 64.8 Å². The number of hydrogen-bond acceptors (Lipinski definition) is 3. The molecule has 1 aliphatic carbocycles. The summed E-state index contributed by atoms with van der Waals surface area (Å²) in [7, 11) is 0. The Morgan fingerprint density at radius 3 is 2.63 bits per heavy atom. The molecule has 3 heteroatoms. The Morgan fingerprint density at radius 1 is 1.07 bits per heavy atom. The van der Waals surface area contributed by atoms with Crippen LogP contribution in [0, 0.1) is 0 Å². The lowest BCUT2D eigenvalue weighted by Crippen LogP contribution is -2.18. The third-order valence-electron chi connectivity index (χ3n) is 5.79. The molecule has 0 amide bonds. The van der Waals surface area contributed by atoms with Crippen LogP contribution in [0.2, 0.25) is 0 Å². The molecule has 1 aliphatic rings. The van der Waals surface area contributed by atoms with Crippen molar-refractivity contribution in [3.05, 3.63) is 54.0 Å². The van der Waals surface area contributed by atoms with Crippen molar-refractivity contribution in [2.24, 2.45) is 0 Å². The summed E-state index contributed by atoms with van der Waals surface area (Å²) in [6.07, 6.45) is 8.30. The van der Waals surface area contributed by atoms with Crippen molar-refractivity contribution in [2.75, 3.05) is 0 Å². The molecule has 1 heterocycles. The van der Waals surface area contributed by atoms with Crippen LogP contribution >= 0.6 is 0 Å². The van der Waals surface area contributed by atoms with Gasteiger partial charge in [0.25, 0.3) is 0 Å². The van der Waals surface area contributed by atoms with Gasteiger partial charge >= 0.3 is 0 Å². The van der Waals surface area contributed by atoms with Gasteiger partial charge in [-0.2, -0.15) is 0 Å². The molecule has 4 rings (SSSR count). The van der Waals surface area contributed by atoms with Crippen LogP contribution in [0.15, 0.2) is 42.7 Å². The van der Waals surface area contributed by atoms with Gasteiger partial charge in [0.2, 0.25) is 0 Å². The summed E-state index contributed by atoms with van der Waals surface area (Å²) < 4.78 is 6.60. The number of ether oxygens (including phenoxy) is 1. The Hall–Kier alpha value is -2.42. The molecule has 0 aliphatic heterocycles. The third kappa shape index (κ3) is 2.90. The standard InChI is InChI=1S/C24H28N2O/c1-5-7-11-17(6-2)27-19-15-16-10-8-9-12-18(16)21-20(19)22-23(24(21,3)4)26-14-13-25-22/h8-10,12-15,17H,5-7,11H2,1-4H3. The van der Waals surface area contributed by atoms with E-state index in [0.29, 0.717) is 0 Å². The fourth-order valence-electron chi connectivity index (χ4n) is 4.35. The first-order valence-electron chi connectivity index (χ1n) is 10.1. The lowest BCUT2D eigenvalue weighted by molar-refractivity contribution is 0.184. The van der Waals surface area contributed by atoms with Gasteiger partial charge in [0.1, 0.15) is 5.75 Å². The monoisotopic (exact) mass is 360 g/mol. The number of hydrogen-bond donors (Lipinski definition) is 0. The molecule has 0 radical (unpaired) electrons. The number of unbranched alkanes of at least 4 members (excludes halogenated alkanes) is 1. The van der Waals surface area contributed by atoms with Gasteiger partial charge in [0.05, 0.1) is 17.5 Å². The van der Waals surface area contributed by atoms with Crippen LogP contribution in [-0.2, 0) is 5.41 Å². The van der Waals surface area contributed by atoms with E-state index < -0.39 is 0 Å². The Labute approximate surface area is 161 Å². The average Bonchev–Trinajstić information content (AvgIpc) is 2.93. The van der Waals surface area contributed by atoms with E-state index in [1.807, 2.05) is 0 Å². The minimum atomic E-state index is -0.191. The van der Waals surface area contributed by atoms with Gasteiger partial charge in [0, 0.05) is 23.4 Å². The van der Waals surface area contributed by atoms with Crippen molar-refractivity contribution in [2.45, 2.75) is 64.9 Å². The molecular weight excluding hydrogens is 332 g/mol. The van der Waals surface area contributed by atoms with Crippen molar-refractivity contribution >= 4 is 10.8 Å². The Morgan fingerprint density at radius 2 is 1.85 bits per heavy atom. The molecule has 0 saturated carbocycles. The van der Waals surface area contributed by atoms with Crippen molar-refractivity contribution in [1.82, 2.24) is 9.97 Å². The normalized spacial score (nSPS) is 15.4. The average molecular weight is 361 g/mol. The Balaban J connectivity index is 1.94. The fourth-order valence-corrected chi connectivity index (χ4v) is 4.35. The first-order chi connectivity index (χ1) is 13.1. The molecular formula is C24H28N2O. The molecule has 1 aromatic heterocycles. The molecule has 27 heavy (non-hydrogen) atoms. The van der Waals surface area contributed by atoms with Crippen LogP contribution in [0.1, 0.15) is 64.6 Å². The van der Waals surface area contributed by atoms with E-state index in [-0.39, 0.29) is 11.5 Å². The van der Waals surface area contributed by atoms with Crippen LogP contribution in [0.3, 0.4) is 0 Å². The first kappa shape index (κ1) is 18.0. The summed E-state index contributed by atoms with van der Waals surface area (Å²) >= 11 is 0. The van der Waals surface area contributed by atoms with Crippen molar-refractivity contribution < 1.29 is 4.74 Å². The molecule has 3 nitrogen and oxygen atoms in total. The lowest BCUT2D eigenvalue weighted by atomic mass is 9.82. The zero-order chi connectivity index (χ0) is 19.0. The molecule has 3 aromatic rings. The summed E-state index contributed by atoms with van der Waals surface area (Å²) in [5, 5.41) is 2.49. The minimum Gasteiger partial charge on any atom is -0.490 e. The second-order valence-corrected chi connectivity index (χ2v) is 8.01. The maximum atomic E-state index is 6.60. The molecule has 0 fully saturated rings. The molecule has 0 N–H and O–H groups in total. The van der Waals surface area contributed by atoms with Crippen LogP contribution in [0.4, 0.5) is 0 Å². The molecule has 1 atom stereocenters. The number of rotatable bonds is 6. The zero-order valence-electron chi connectivity index (χ0n) is 16.7. The Bertz CT molecular complexity index is 977. The van der Waals surface area contributed by atoms with E-state index in [0.717, 1.165) is 35.5 Å². The quantitative estimate of drug-likeness (QED) is 0.518. The highest BCUT2D eigenvalue weighted by Crippen LogP contribution is 2.53. The SMILES string of the molecule is CCCCC(CC)Oc1cc2ccccc2c2c1-c1nccnc1C2(C)C. The van der Waals surface area contributed by atoms with E-state index in [9.17, 15) is 0 Å². The maximum Gasteiger partial charge on any atom is 0.130 e. The fraction of sp³-hybridized carbons (Fsp3) is 0.417. The highest BCUT2D eigenvalue weighted by molar-refractivity contribution is 5.99. The highest BCUT2D eigenvalue weighted by Gasteiger charge is 2.41. The second-order valence-electron chi connectivity index (χ2n) is 8.01. The minimum absolute atomic E-state index is 0.191. The van der Waals surface area contributed by atoms with Crippen LogP contribution in [-0.4, -0.2) is 16.1 Å². The summed E-state index contributed by atoms with van der Waals surface area (Å²) in [6.45, 7) is 8.93. The molecule has 2 aromatic carbocycles. The number of benzene rings is 2. The summed E-state index contributed by atoms with van der Waals surface area (Å²) in [5.41, 5.74) is 4.26. The van der Waals surface area contributed by atoms with Gasteiger partial charge < -0.3 is 4.74 Å². The van der Waals surface area contributed by atoms with Gasteiger partial charge in [0.15, 0.2) is 0 Å². The van der Waals surface area contributed by atoms with E-state index in [2.05, 4.69) is 58.0 Å². The van der Waals surface area contributed by atoms with Crippen LogP contribution in [0.5, 0.6) is 5.75 Å².